The highest BCUT2D eigenvalue weighted by atomic mass is 15.1. The van der Waals surface area contributed by atoms with Gasteiger partial charge in [0.25, 0.3) is 0 Å². The van der Waals surface area contributed by atoms with E-state index in [2.05, 4.69) is 10.2 Å². The van der Waals surface area contributed by atoms with Crippen molar-refractivity contribution < 1.29 is 0 Å². The molecule has 0 heterocycles. The lowest BCUT2D eigenvalue weighted by Crippen LogP contribution is -1.87. The molecule has 0 saturated carbocycles. The fourth-order valence-corrected chi connectivity index (χ4v) is 1.56. The second-order valence-corrected chi connectivity index (χ2v) is 4.28. The van der Waals surface area contributed by atoms with E-state index < -0.39 is 0 Å². The van der Waals surface area contributed by atoms with E-state index >= 15 is 0 Å². The van der Waals surface area contributed by atoms with Crippen LogP contribution < -0.4 is 11.5 Å². The maximum absolute atomic E-state index is 5.75. The minimum Gasteiger partial charge on any atom is -0.399 e. The topological polar surface area (TPSA) is 76.8 Å². The predicted molar refractivity (Wildman–Crippen MR) is 98.1 cm³/mol. The monoisotopic (exact) mass is 300 g/mol. The number of hydrogen-bond acceptors (Lipinski definition) is 4. The molecule has 0 amide bonds. The first-order valence-corrected chi connectivity index (χ1v) is 7.70. The summed E-state index contributed by atoms with van der Waals surface area (Å²) in [4.78, 5) is 0. The lowest BCUT2D eigenvalue weighted by molar-refractivity contribution is 1.22. The number of hydrogen-bond donors (Lipinski definition) is 2. The maximum Gasteiger partial charge on any atom is 0.0861 e. The number of anilines is 2. The van der Waals surface area contributed by atoms with Gasteiger partial charge in [0, 0.05) is 11.4 Å². The van der Waals surface area contributed by atoms with E-state index in [9.17, 15) is 0 Å². The molecule has 4 N–H and O–H groups in total. The van der Waals surface area contributed by atoms with Crippen molar-refractivity contribution in [1.82, 2.24) is 0 Å². The molecule has 0 aliphatic rings. The summed E-state index contributed by atoms with van der Waals surface area (Å²) < 4.78 is 0. The minimum atomic E-state index is 0.761. The Kier molecular flexibility index (Phi) is 9.27. The van der Waals surface area contributed by atoms with Gasteiger partial charge in [0.15, 0.2) is 0 Å². The van der Waals surface area contributed by atoms with E-state index in [1.165, 1.54) is 0 Å². The van der Waals surface area contributed by atoms with Crippen LogP contribution in [0, 0.1) is 13.8 Å². The Morgan fingerprint density at radius 2 is 0.955 bits per heavy atom. The van der Waals surface area contributed by atoms with Crippen LogP contribution in [-0.4, -0.2) is 0 Å². The number of rotatable bonds is 2. The highest BCUT2D eigenvalue weighted by Gasteiger charge is 1.97. The molecule has 4 nitrogen and oxygen atoms in total. The molecule has 0 spiro atoms. The van der Waals surface area contributed by atoms with Gasteiger partial charge >= 0.3 is 0 Å². The highest BCUT2D eigenvalue weighted by molar-refractivity contribution is 5.56. The Morgan fingerprint density at radius 3 is 1.23 bits per heavy atom. The average molecular weight is 300 g/mol. The zero-order chi connectivity index (χ0) is 17.1. The third-order valence-electron chi connectivity index (χ3n) is 2.79. The van der Waals surface area contributed by atoms with E-state index in [-0.39, 0.29) is 0 Å². The van der Waals surface area contributed by atoms with Crippen molar-refractivity contribution in [3.05, 3.63) is 47.5 Å². The lowest BCUT2D eigenvalue weighted by Gasteiger charge is -2.01. The summed E-state index contributed by atoms with van der Waals surface area (Å²) in [6, 6.07) is 11.2. The van der Waals surface area contributed by atoms with Crippen LogP contribution >= 0.6 is 0 Å². The van der Waals surface area contributed by atoms with Crippen molar-refractivity contribution in [2.75, 3.05) is 11.5 Å². The van der Waals surface area contributed by atoms with E-state index in [0.717, 1.165) is 33.9 Å². The Balaban J connectivity index is 0.00000102. The van der Waals surface area contributed by atoms with Gasteiger partial charge in [-0.3, -0.25) is 0 Å². The fraction of sp³-hybridized carbons (Fsp3) is 0.333. The lowest BCUT2D eigenvalue weighted by atomic mass is 10.2. The minimum absolute atomic E-state index is 0.761. The van der Waals surface area contributed by atoms with Crippen LogP contribution in [0.2, 0.25) is 0 Å². The quantitative estimate of drug-likeness (QED) is 0.532. The molecular weight excluding hydrogens is 272 g/mol. The summed E-state index contributed by atoms with van der Waals surface area (Å²) in [5.41, 5.74) is 16.6. The van der Waals surface area contributed by atoms with Gasteiger partial charge in [-0.15, -0.1) is 0 Å². The number of nitrogens with zero attached hydrogens (tertiary/aromatic N) is 2. The molecule has 0 saturated heterocycles. The molecule has 2 aromatic rings. The van der Waals surface area contributed by atoms with Crippen LogP contribution in [0.4, 0.5) is 22.7 Å². The Morgan fingerprint density at radius 1 is 0.636 bits per heavy atom. The molecule has 0 aliphatic heterocycles. The fourth-order valence-electron chi connectivity index (χ4n) is 1.56. The van der Waals surface area contributed by atoms with Crippen molar-refractivity contribution in [3.63, 3.8) is 0 Å². The highest BCUT2D eigenvalue weighted by Crippen LogP contribution is 2.24. The molecule has 4 heteroatoms. The summed E-state index contributed by atoms with van der Waals surface area (Å²) in [5.74, 6) is 0. The van der Waals surface area contributed by atoms with Gasteiger partial charge in [-0.05, 0) is 61.4 Å². The van der Waals surface area contributed by atoms with Crippen LogP contribution in [0.1, 0.15) is 38.8 Å². The molecule has 120 valence electrons. The summed E-state index contributed by atoms with van der Waals surface area (Å²) in [6.07, 6.45) is 0. The van der Waals surface area contributed by atoms with Crippen molar-refractivity contribution in [3.8, 4) is 0 Å². The van der Waals surface area contributed by atoms with Crippen molar-refractivity contribution >= 4 is 22.7 Å². The van der Waals surface area contributed by atoms with Crippen LogP contribution in [0.25, 0.3) is 0 Å². The van der Waals surface area contributed by atoms with E-state index in [0.29, 0.717) is 0 Å². The normalized spacial score (nSPS) is 9.55. The van der Waals surface area contributed by atoms with Crippen molar-refractivity contribution in [1.29, 1.82) is 0 Å². The second-order valence-electron chi connectivity index (χ2n) is 4.28. The summed E-state index contributed by atoms with van der Waals surface area (Å²) >= 11 is 0. The molecule has 22 heavy (non-hydrogen) atoms. The largest absolute Gasteiger partial charge is 0.399 e. The zero-order valence-electron chi connectivity index (χ0n) is 14.5. The Bertz CT molecular complexity index is 551. The van der Waals surface area contributed by atoms with Gasteiger partial charge in [0.2, 0.25) is 0 Å². The number of nitrogens with two attached hydrogens (primary N) is 2. The van der Waals surface area contributed by atoms with Gasteiger partial charge in [0.1, 0.15) is 0 Å². The first-order chi connectivity index (χ1) is 10.6. The third kappa shape index (κ3) is 5.95. The van der Waals surface area contributed by atoms with Gasteiger partial charge in [0.05, 0.1) is 11.4 Å². The molecule has 0 bridgehead atoms. The number of nitrogen functional groups attached to an aromatic ring is 2. The predicted octanol–water partition coefficient (Wildman–Crippen LogP) is 5.94. The van der Waals surface area contributed by atoms with Gasteiger partial charge in [-0.1, -0.05) is 27.7 Å². The zero-order valence-corrected chi connectivity index (χ0v) is 14.5. The average Bonchev–Trinajstić information content (AvgIpc) is 2.55. The van der Waals surface area contributed by atoms with Gasteiger partial charge in [-0.25, -0.2) is 0 Å². The van der Waals surface area contributed by atoms with Gasteiger partial charge in [-0.2, -0.15) is 10.2 Å². The smallest absolute Gasteiger partial charge is 0.0861 e. The molecule has 0 aliphatic carbocycles. The number of aryl methyl sites for hydroxylation is 2. The molecule has 2 aromatic carbocycles. The SMILES string of the molecule is CC.CC.Cc1cc(N=Nc2ccc(N)c(C)c2)ccc1N. The van der Waals surface area contributed by atoms with E-state index in [1.54, 1.807) is 0 Å². The molecule has 0 aromatic heterocycles. The first-order valence-electron chi connectivity index (χ1n) is 7.70. The van der Waals surface area contributed by atoms with Crippen LogP contribution in [-0.2, 0) is 0 Å². The summed E-state index contributed by atoms with van der Waals surface area (Å²) in [7, 11) is 0. The van der Waals surface area contributed by atoms with Crippen molar-refractivity contribution in [2.45, 2.75) is 41.5 Å². The Hall–Kier alpha value is -2.36. The molecule has 0 radical (unpaired) electrons. The summed E-state index contributed by atoms with van der Waals surface area (Å²) in [6.45, 7) is 11.9. The van der Waals surface area contributed by atoms with Crippen LogP contribution in [0.5, 0.6) is 0 Å². The van der Waals surface area contributed by atoms with E-state index in [4.69, 9.17) is 11.5 Å². The third-order valence-corrected chi connectivity index (χ3v) is 2.79. The summed E-state index contributed by atoms with van der Waals surface area (Å²) in [5, 5.41) is 8.36. The van der Waals surface area contributed by atoms with Crippen LogP contribution in [0.15, 0.2) is 46.6 Å². The van der Waals surface area contributed by atoms with E-state index in [1.807, 2.05) is 77.9 Å². The Labute approximate surface area is 134 Å². The van der Waals surface area contributed by atoms with Gasteiger partial charge < -0.3 is 11.5 Å². The molecular formula is C18H28N4. The standard InChI is InChI=1S/C14H16N4.2C2H6/c1-9-7-11(3-5-13(9)15)17-18-12-4-6-14(16)10(2)8-12;2*1-2/h3-8H,15-16H2,1-2H3;2*1-2H3. The molecule has 0 atom stereocenters. The molecule has 2 rings (SSSR count). The molecule has 0 fully saturated rings. The first kappa shape index (κ1) is 19.6. The molecule has 0 unspecified atom stereocenters. The van der Waals surface area contributed by atoms with Crippen molar-refractivity contribution in [2.24, 2.45) is 10.2 Å². The second kappa shape index (κ2) is 10.4. The maximum atomic E-state index is 5.75. The number of benzene rings is 2. The van der Waals surface area contributed by atoms with Crippen LogP contribution in [0.3, 0.4) is 0 Å². The number of azo groups is 1.